The van der Waals surface area contributed by atoms with Crippen LogP contribution in [0.2, 0.25) is 0 Å². The first-order valence-corrected chi connectivity index (χ1v) is 21.9. The Balaban J connectivity index is 2.03. The van der Waals surface area contributed by atoms with Crippen LogP contribution in [0, 0.1) is 17.8 Å². The molecule has 0 bridgehead atoms. The maximum Gasteiger partial charge on any atom is 0.309 e. The Morgan fingerprint density at radius 2 is 1.68 bits per heavy atom. The van der Waals surface area contributed by atoms with E-state index in [-0.39, 0.29) is 38.0 Å². The Morgan fingerprint density at radius 1 is 0.984 bits per heavy atom. The number of carbonyl (C=O) groups is 5. The lowest BCUT2D eigenvalue weighted by atomic mass is 9.82. The molecule has 3 aliphatic heterocycles. The molecule has 354 valence electrons. The van der Waals surface area contributed by atoms with Crippen LogP contribution in [0.4, 0.5) is 0 Å². The number of cyclic esters (lactones) is 1. The van der Waals surface area contributed by atoms with Gasteiger partial charge in [-0.1, -0.05) is 45.9 Å². The molecule has 0 amide bonds. The van der Waals surface area contributed by atoms with Crippen LogP contribution in [0.1, 0.15) is 107 Å². The highest BCUT2D eigenvalue weighted by molar-refractivity contribution is 5.72. The van der Waals surface area contributed by atoms with Gasteiger partial charge >= 0.3 is 23.9 Å². The first kappa shape index (κ1) is 53.1. The molecule has 3 heterocycles. The highest BCUT2D eigenvalue weighted by Gasteiger charge is 2.53. The molecule has 0 saturated carbocycles. The number of methoxy groups -OCH3 is 1. The number of hydrogen-bond donors (Lipinski definition) is 2. The van der Waals surface area contributed by atoms with Gasteiger partial charge in [-0.3, -0.25) is 19.2 Å². The lowest BCUT2D eigenvalue weighted by molar-refractivity contribution is -0.344. The number of aldehydes is 1. The fraction of sp³-hybridized carbons (Fsp3) is 0.800. The van der Waals surface area contributed by atoms with E-state index < -0.39 is 127 Å². The maximum atomic E-state index is 13.4. The normalized spacial score (nSPS) is 38.7. The molecule has 0 unspecified atom stereocenters. The van der Waals surface area contributed by atoms with Crippen molar-refractivity contribution in [3.8, 4) is 0 Å². The van der Waals surface area contributed by atoms with Crippen LogP contribution in [0.5, 0.6) is 0 Å². The predicted molar refractivity (Wildman–Crippen MR) is 224 cm³/mol. The van der Waals surface area contributed by atoms with Crippen LogP contribution < -0.4 is 0 Å². The molecule has 0 spiro atoms. The Bertz CT molecular complexity index is 1520. The summed E-state index contributed by atoms with van der Waals surface area (Å²) in [5.41, 5.74) is -1.51. The number of aliphatic hydroxyl groups is 2. The quantitative estimate of drug-likeness (QED) is 0.144. The van der Waals surface area contributed by atoms with Crippen LogP contribution >= 0.6 is 0 Å². The summed E-state index contributed by atoms with van der Waals surface area (Å²) >= 11 is 0. The second kappa shape index (κ2) is 24.7. The molecule has 2 saturated heterocycles. The number of rotatable bonds is 14. The third kappa shape index (κ3) is 15.5. The van der Waals surface area contributed by atoms with Gasteiger partial charge in [0.25, 0.3) is 0 Å². The Labute approximate surface area is 367 Å². The summed E-state index contributed by atoms with van der Waals surface area (Å²) in [6, 6.07) is -0.804. The molecule has 0 radical (unpaired) electrons. The van der Waals surface area contributed by atoms with Crippen molar-refractivity contribution in [3.63, 3.8) is 0 Å². The Morgan fingerprint density at radius 3 is 2.26 bits per heavy atom. The summed E-state index contributed by atoms with van der Waals surface area (Å²) in [5, 5.41) is 23.7. The molecule has 16 atom stereocenters. The van der Waals surface area contributed by atoms with Gasteiger partial charge in [0, 0.05) is 46.1 Å². The molecule has 3 rings (SSSR count). The van der Waals surface area contributed by atoms with Crippen molar-refractivity contribution < 1.29 is 76.8 Å². The second-order valence-corrected chi connectivity index (χ2v) is 17.8. The zero-order chi connectivity index (χ0) is 46.5. The fourth-order valence-corrected chi connectivity index (χ4v) is 8.46. The van der Waals surface area contributed by atoms with Crippen LogP contribution in [0.25, 0.3) is 0 Å². The first-order valence-electron chi connectivity index (χ1n) is 21.9. The van der Waals surface area contributed by atoms with Gasteiger partial charge in [-0.2, -0.15) is 0 Å². The Hall–Kier alpha value is -3.29. The average Bonchev–Trinajstić information content (AvgIpc) is 3.15. The SMILES string of the molecule is CCC(=O)O[C@@H]1/C=C\C=C/C[C@H](C)OC(=O)C[C@H](OC(C)=O)[C@H](OC)[C@H](O[C@@H]2O[C@H](C)[C@H](O[C@@H]3C[C@](C)(O)[C@H](OC(=O)CC(C)C)[C@H](C)O3)[C@H](N(C)C)[C@@H]2O)[C@@H](CC=O)C[C@@H]1C. The molecule has 17 nitrogen and oxygen atoms in total. The number of nitrogens with zero attached hydrogens (tertiary/aromatic N) is 1. The van der Waals surface area contributed by atoms with E-state index in [0.717, 1.165) is 0 Å². The molecule has 0 aromatic heterocycles. The number of hydrogen-bond acceptors (Lipinski definition) is 17. The van der Waals surface area contributed by atoms with Gasteiger partial charge in [-0.15, -0.1) is 0 Å². The van der Waals surface area contributed by atoms with Crippen molar-refractivity contribution in [1.29, 1.82) is 0 Å². The van der Waals surface area contributed by atoms with Crippen LogP contribution in [-0.2, 0) is 66.6 Å². The molecule has 3 aliphatic rings. The lowest BCUT2D eigenvalue weighted by Crippen LogP contribution is -2.66. The number of aliphatic hydroxyl groups excluding tert-OH is 1. The van der Waals surface area contributed by atoms with E-state index in [0.29, 0.717) is 12.7 Å². The molecule has 62 heavy (non-hydrogen) atoms. The number of likely N-dealkylation sites (N-methyl/N-ethyl adjacent to an activating group) is 1. The third-order valence-corrected chi connectivity index (χ3v) is 11.4. The summed E-state index contributed by atoms with van der Waals surface area (Å²) in [5.74, 6) is -3.31. The lowest BCUT2D eigenvalue weighted by Gasteiger charge is -2.50. The standard InChI is InChI=1S/C45H73NO16/c1-13-34(49)59-32-18-16-14-15-17-27(5)55-36(51)23-33(58-30(8)48)42(54-12)41(31(19-20-47)22-26(32)4)62-44-39(52)38(46(10)11)40(28(6)57-44)61-37-24-45(9,53)43(29(7)56-37)60-35(50)21-25(2)3/h14-16,18,20,25-29,31-33,37-44,52-53H,13,17,19,21-24H2,1-12H3/b15-14-,18-16-/t26-,27-,28+,29-,31-,32+,33-,37+,38+,39-,40-,41+,42-,43+,44-,45-/m0/s1. The Kier molecular flexibility index (Phi) is 21.1. The summed E-state index contributed by atoms with van der Waals surface area (Å²) < 4.78 is 54.7. The van der Waals surface area contributed by atoms with Crippen molar-refractivity contribution >= 4 is 30.2 Å². The van der Waals surface area contributed by atoms with Gasteiger partial charge < -0.3 is 62.5 Å². The maximum absolute atomic E-state index is 13.4. The third-order valence-electron chi connectivity index (χ3n) is 11.4. The minimum atomic E-state index is -1.51. The highest BCUT2D eigenvalue weighted by Crippen LogP contribution is 2.38. The summed E-state index contributed by atoms with van der Waals surface area (Å²) in [6.07, 6.45) is -3.95. The number of allylic oxidation sites excluding steroid dienone is 2. The van der Waals surface area contributed by atoms with E-state index in [1.807, 2.05) is 26.8 Å². The zero-order valence-electron chi connectivity index (χ0n) is 38.6. The molecule has 2 fully saturated rings. The zero-order valence-corrected chi connectivity index (χ0v) is 38.6. The van der Waals surface area contributed by atoms with E-state index >= 15 is 0 Å². The van der Waals surface area contributed by atoms with Gasteiger partial charge in [0.2, 0.25) is 0 Å². The predicted octanol–water partition coefficient (Wildman–Crippen LogP) is 3.97. The van der Waals surface area contributed by atoms with Crippen LogP contribution in [-0.4, -0.2) is 152 Å². The van der Waals surface area contributed by atoms with Crippen molar-refractivity contribution in [2.45, 2.75) is 193 Å². The number of esters is 4. The highest BCUT2D eigenvalue weighted by atomic mass is 16.7. The molecule has 17 heteroatoms. The molecule has 0 aliphatic carbocycles. The average molecular weight is 884 g/mol. The smallest absolute Gasteiger partial charge is 0.309 e. The number of carbonyl (C=O) groups excluding carboxylic acids is 5. The van der Waals surface area contributed by atoms with Gasteiger partial charge in [0.15, 0.2) is 18.7 Å². The molecule has 0 aromatic carbocycles. The van der Waals surface area contributed by atoms with E-state index in [4.69, 9.17) is 42.6 Å². The second-order valence-electron chi connectivity index (χ2n) is 17.8. The minimum Gasteiger partial charge on any atom is -0.462 e. The molecule has 2 N–H and O–H groups in total. The van der Waals surface area contributed by atoms with Crippen molar-refractivity contribution in [3.05, 3.63) is 24.3 Å². The first-order chi connectivity index (χ1) is 29.1. The fourth-order valence-electron chi connectivity index (χ4n) is 8.46. The van der Waals surface area contributed by atoms with E-state index in [9.17, 15) is 34.2 Å². The number of ether oxygens (including phenoxy) is 9. The topological polar surface area (TPSA) is 212 Å². The van der Waals surface area contributed by atoms with Crippen LogP contribution in [0.15, 0.2) is 24.3 Å². The molecule has 0 aromatic rings. The van der Waals surface area contributed by atoms with Crippen LogP contribution in [0.3, 0.4) is 0 Å². The van der Waals surface area contributed by atoms with Crippen molar-refractivity contribution in [1.82, 2.24) is 4.90 Å². The van der Waals surface area contributed by atoms with Gasteiger partial charge in [0.1, 0.15) is 48.5 Å². The molecular weight excluding hydrogens is 810 g/mol. The monoisotopic (exact) mass is 883 g/mol. The van der Waals surface area contributed by atoms with Crippen molar-refractivity contribution in [2.24, 2.45) is 17.8 Å². The van der Waals surface area contributed by atoms with E-state index in [1.165, 1.54) is 14.0 Å². The van der Waals surface area contributed by atoms with Gasteiger partial charge in [-0.25, -0.2) is 0 Å². The van der Waals surface area contributed by atoms with E-state index in [1.54, 1.807) is 71.8 Å². The molecular formula is C45H73NO16. The summed E-state index contributed by atoms with van der Waals surface area (Å²) in [4.78, 5) is 65.3. The van der Waals surface area contributed by atoms with Gasteiger partial charge in [0.05, 0.1) is 30.8 Å². The van der Waals surface area contributed by atoms with Crippen molar-refractivity contribution in [2.75, 3.05) is 21.2 Å². The largest absolute Gasteiger partial charge is 0.462 e. The van der Waals surface area contributed by atoms with Gasteiger partial charge in [-0.05, 0) is 72.0 Å². The van der Waals surface area contributed by atoms with E-state index in [2.05, 4.69) is 0 Å². The summed E-state index contributed by atoms with van der Waals surface area (Å²) in [7, 11) is 4.85. The summed E-state index contributed by atoms with van der Waals surface area (Å²) in [6.45, 7) is 15.2. The minimum absolute atomic E-state index is 0.0572.